The number of benzene rings is 7. The first-order valence-corrected chi connectivity index (χ1v) is 31.8. The number of hydrogen-bond acceptors (Lipinski definition) is 32. The molecule has 0 fully saturated rings. The number of carbonyl (C=O) groups is 1. The Labute approximate surface area is 497 Å². The predicted octanol–water partition coefficient (Wildman–Crippen LogP) is 8.05. The fraction of sp³-hybridized carbons (Fsp3) is 0. The van der Waals surface area contributed by atoms with E-state index in [0.717, 1.165) is 54.6 Å². The summed E-state index contributed by atoms with van der Waals surface area (Å²) in [6, 6.07) is 10.4. The Morgan fingerprint density at radius 3 is 1.64 bits per heavy atom. The number of phenols is 2. The zero-order valence-electron chi connectivity index (χ0n) is 42.4. The number of nitrogens with zero attached hydrogens (tertiary/aromatic N) is 11. The topological polar surface area (TPSA) is 649 Å². The van der Waals surface area contributed by atoms with Crippen LogP contribution < -0.4 is 5.73 Å². The van der Waals surface area contributed by atoms with E-state index in [1.807, 2.05) is 0 Å². The third-order valence-corrected chi connectivity index (χ3v) is 17.5. The minimum absolute atomic E-state index is 0.0545. The first-order valence-electron chi connectivity index (χ1n) is 22.4. The number of non-ortho nitro benzene ring substituents is 1. The van der Waals surface area contributed by atoms with Gasteiger partial charge in [-0.05, 0) is 78.9 Å². The highest BCUT2D eigenvalue weighted by Gasteiger charge is 2.31. The Morgan fingerprint density at radius 1 is 0.551 bits per heavy atom. The number of aromatic hydroxyl groups is 3. The van der Waals surface area contributed by atoms with Crippen molar-refractivity contribution in [1.82, 2.24) is 9.78 Å². The number of nitro groups is 1. The molecule has 0 saturated carbocycles. The second-order valence-electron chi connectivity index (χ2n) is 17.1. The number of fused-ring (bicyclic) bond motifs is 2. The van der Waals surface area contributed by atoms with Crippen LogP contribution in [0.3, 0.4) is 0 Å². The monoisotopic (exact) mass is 1370 g/mol. The minimum Gasteiger partial charge on any atom is -0.505 e. The van der Waals surface area contributed by atoms with Crippen molar-refractivity contribution in [3.8, 4) is 23.1 Å². The molecule has 0 atom stereocenters. The Hall–Kier alpha value is -9.57. The number of aromatic carboxylic acids is 1. The number of nitrogen functional groups attached to an aromatic ring is 1. The van der Waals surface area contributed by atoms with Crippen LogP contribution in [0, 0.1) is 10.1 Å². The number of azo groups is 4. The molecule has 47 heteroatoms. The summed E-state index contributed by atoms with van der Waals surface area (Å²) in [5.41, 5.74) is -3.94. The van der Waals surface area contributed by atoms with E-state index in [4.69, 9.17) is 11.0 Å². The molecule has 1 aromatic heterocycles. The van der Waals surface area contributed by atoms with E-state index in [1.165, 1.54) is 0 Å². The van der Waals surface area contributed by atoms with Gasteiger partial charge in [0.1, 0.15) is 58.6 Å². The predicted molar refractivity (Wildman–Crippen MR) is 294 cm³/mol. The molecule has 40 nitrogen and oxygen atoms in total. The normalized spacial score (nSPS) is 13.1. The molecule has 0 bridgehead atoms. The Kier molecular flexibility index (Phi) is 17.5. The van der Waals surface area contributed by atoms with Crippen LogP contribution in [0.15, 0.2) is 166 Å². The molecule has 13 N–H and O–H groups in total. The summed E-state index contributed by atoms with van der Waals surface area (Å²) in [5.74, 6) is -5.54. The number of nitro benzene ring substituents is 1. The maximum atomic E-state index is 13.1. The summed E-state index contributed by atoms with van der Waals surface area (Å²) in [6.45, 7) is 0. The number of nitrogens with two attached hydrogens (primary N) is 1. The van der Waals surface area contributed by atoms with Gasteiger partial charge < -0.3 is 26.2 Å². The van der Waals surface area contributed by atoms with Crippen molar-refractivity contribution in [2.75, 3.05) is 5.73 Å². The number of phenolic OH excluding ortho intramolecular Hbond substituents is 2. The first kappa shape index (κ1) is 65.4. The van der Waals surface area contributed by atoms with Crippen molar-refractivity contribution in [2.45, 2.75) is 34.3 Å². The average molecular weight is 1370 g/mol. The number of anilines is 1. The molecular formula is C42H28N12O28S7. The number of carboxylic acids is 1. The number of carboxylic acid groups (broad SMARTS) is 1. The van der Waals surface area contributed by atoms with Crippen molar-refractivity contribution in [3.05, 3.63) is 107 Å². The van der Waals surface area contributed by atoms with E-state index in [1.54, 1.807) is 0 Å². The van der Waals surface area contributed by atoms with Gasteiger partial charge >= 0.3 is 5.97 Å². The minimum atomic E-state index is -5.76. The van der Waals surface area contributed by atoms with Gasteiger partial charge in [0, 0.05) is 28.3 Å². The van der Waals surface area contributed by atoms with Gasteiger partial charge in [0.05, 0.1) is 49.2 Å². The van der Waals surface area contributed by atoms with Crippen LogP contribution in [0.2, 0.25) is 0 Å². The van der Waals surface area contributed by atoms with Gasteiger partial charge in [-0.2, -0.15) is 65.4 Å². The number of rotatable bonds is 20. The molecule has 89 heavy (non-hydrogen) atoms. The third-order valence-electron chi connectivity index (χ3n) is 11.6. The Morgan fingerprint density at radius 2 is 1.09 bits per heavy atom. The smallest absolute Gasteiger partial charge is 0.358 e. The summed E-state index contributed by atoms with van der Waals surface area (Å²) < 4.78 is 216. The number of aromatic nitrogens is 2. The average Bonchev–Trinajstić information content (AvgIpc) is 1.42. The van der Waals surface area contributed by atoms with Crippen molar-refractivity contribution >= 4 is 157 Å². The van der Waals surface area contributed by atoms with E-state index >= 15 is 0 Å². The zero-order valence-corrected chi connectivity index (χ0v) is 48.1. The Bertz CT molecular complexity index is 5240. The van der Waals surface area contributed by atoms with Crippen LogP contribution in [-0.4, -0.2) is 124 Å². The van der Waals surface area contributed by atoms with Crippen LogP contribution in [0.25, 0.3) is 27.2 Å². The van der Waals surface area contributed by atoms with Gasteiger partial charge in [0.2, 0.25) is 11.6 Å². The number of hydrogen-bond donors (Lipinski definition) is 12. The van der Waals surface area contributed by atoms with E-state index < -0.39 is 207 Å². The molecule has 0 spiro atoms. The molecule has 0 radical (unpaired) electrons. The quantitative estimate of drug-likeness (QED) is 0.00652. The van der Waals surface area contributed by atoms with Crippen molar-refractivity contribution in [3.63, 3.8) is 0 Å². The van der Waals surface area contributed by atoms with Crippen molar-refractivity contribution in [2.24, 2.45) is 40.9 Å². The summed E-state index contributed by atoms with van der Waals surface area (Å²) in [7, 11) is -32.4. The van der Waals surface area contributed by atoms with Gasteiger partial charge in [0.15, 0.2) is 17.2 Å². The van der Waals surface area contributed by atoms with Crippen LogP contribution >= 0.6 is 12.0 Å². The molecule has 8 rings (SSSR count). The lowest BCUT2D eigenvalue weighted by atomic mass is 10.0. The maximum absolute atomic E-state index is 13.1. The highest BCUT2D eigenvalue weighted by Crippen LogP contribution is 2.51. The summed E-state index contributed by atoms with van der Waals surface area (Å²) in [5, 5.41) is 96.7. The van der Waals surface area contributed by atoms with Crippen LogP contribution in [0.4, 0.5) is 56.9 Å². The SMILES string of the molecule is Nc1c(N=Nc2ccc3c(O)c(N=Nc4ccc(N=Nc5c(C(=O)O)nn(-c6ccc(S(=O)(=O)O)cc6)c5O)c(S(=O)(=O)O)c4)c(S(=O)(=O)O)cc3c2S(=O)(=O)O)cc(S(=O)(=O)O)c2cc(SOOO)c(N=Nc3ccc([N+](=O)[O-])cc3S(=O)(=O)O)c(O)c12. The lowest BCUT2D eigenvalue weighted by molar-refractivity contribution is -0.432. The van der Waals surface area contributed by atoms with E-state index in [0.29, 0.717) is 35.0 Å². The van der Waals surface area contributed by atoms with Gasteiger partial charge in [-0.3, -0.25) is 37.4 Å². The lowest BCUT2D eigenvalue weighted by Gasteiger charge is -2.15. The van der Waals surface area contributed by atoms with Crippen LogP contribution in [0.5, 0.6) is 17.4 Å². The largest absolute Gasteiger partial charge is 0.505 e. The molecule has 1 heterocycles. The standard InChI is InChI=1S/C42H28N12O28S7/c43-33-26(15-28(85(66,67)68)22-13-27(83-82-81-62)34(39(56)32(22)33)49-45-24-9-4-18(54(60)61)12-30(24)87(72,73)74)48-47-25-10-7-20-21(40(25)89(78,79)80)14-31(88(75,76)77)35(38(20)55)50-44-16-1-8-23(29(11-16)86(69,70)71)46-51-36-37(42(58)59)52-53(41(36)57)17-2-5-19(6-3-17)84(63,64)65/h1-15,55-57,62H,43H2,(H,58,59)(H,63,64,65)(H,66,67,68)(H,69,70,71)(H,72,73,74)(H,75,76,77)(H,78,79,80). The molecule has 0 amide bonds. The zero-order chi connectivity index (χ0) is 65.8. The summed E-state index contributed by atoms with van der Waals surface area (Å²) in [6.07, 6.45) is 0. The highest BCUT2D eigenvalue weighted by atomic mass is 32.2. The highest BCUT2D eigenvalue weighted by molar-refractivity contribution is 7.94. The van der Waals surface area contributed by atoms with Crippen LogP contribution in [-0.2, 0) is 70.1 Å². The van der Waals surface area contributed by atoms with E-state index in [9.17, 15) is 113 Å². The lowest BCUT2D eigenvalue weighted by Crippen LogP contribution is -2.03. The fourth-order valence-electron chi connectivity index (χ4n) is 7.80. The van der Waals surface area contributed by atoms with E-state index in [-0.39, 0.29) is 23.8 Å². The second kappa shape index (κ2) is 23.8. The molecule has 466 valence electrons. The van der Waals surface area contributed by atoms with Crippen LogP contribution in [0.1, 0.15) is 10.5 Å². The van der Waals surface area contributed by atoms with E-state index in [2.05, 4.69) is 55.4 Å². The molecule has 7 aromatic carbocycles. The molecule has 8 aromatic rings. The molecule has 0 unspecified atom stereocenters. The Balaban J connectivity index is 1.22. The van der Waals surface area contributed by atoms with Gasteiger partial charge in [-0.25, -0.2) is 10.1 Å². The van der Waals surface area contributed by atoms with Gasteiger partial charge in [-0.15, -0.1) is 40.1 Å². The molecule has 0 aliphatic heterocycles. The summed E-state index contributed by atoms with van der Waals surface area (Å²) >= 11 is -0.0545. The second-order valence-corrected chi connectivity index (χ2v) is 26.1. The van der Waals surface area contributed by atoms with Crippen molar-refractivity contribution < 1.29 is 123 Å². The molecular weight excluding hydrogens is 1340 g/mol. The maximum Gasteiger partial charge on any atom is 0.358 e. The molecule has 0 aliphatic rings. The molecule has 0 saturated heterocycles. The molecule has 0 aliphatic carbocycles. The first-order chi connectivity index (χ1) is 41.2. The third kappa shape index (κ3) is 13.6. The summed E-state index contributed by atoms with van der Waals surface area (Å²) in [4.78, 5) is 14.6. The van der Waals surface area contributed by atoms with Gasteiger partial charge in [0.25, 0.3) is 66.4 Å². The van der Waals surface area contributed by atoms with Gasteiger partial charge in [-0.1, -0.05) is 5.04 Å². The fourth-order valence-corrected chi connectivity index (χ4v) is 12.2. The van der Waals surface area contributed by atoms with Crippen molar-refractivity contribution in [1.29, 1.82) is 0 Å².